The molecule has 5 nitrogen and oxygen atoms in total. The maximum absolute atomic E-state index is 13.5. The molecule has 1 amide bonds. The molecule has 1 aliphatic rings. The molecule has 1 aromatic heterocycles. The van der Waals surface area contributed by atoms with Crippen molar-refractivity contribution in [1.82, 2.24) is 9.97 Å². The topological polar surface area (TPSA) is 58.1 Å². The normalized spacial score (nSPS) is 13.7. The third-order valence-electron chi connectivity index (χ3n) is 5.70. The molecular weight excluding hydrogens is 384 g/mol. The van der Waals surface area contributed by atoms with Gasteiger partial charge in [-0.15, -0.1) is 0 Å². The summed E-state index contributed by atoms with van der Waals surface area (Å²) in [6, 6.07) is 18.2. The smallest absolute Gasteiger partial charge is 0.259 e. The summed E-state index contributed by atoms with van der Waals surface area (Å²) >= 11 is 0. The van der Waals surface area contributed by atoms with Gasteiger partial charge in [0.05, 0.1) is 6.04 Å². The number of rotatable bonds is 7. The summed E-state index contributed by atoms with van der Waals surface area (Å²) < 4.78 is 0. The molecule has 1 N–H and O–H groups in total. The molecule has 0 radical (unpaired) electrons. The second-order valence-electron chi connectivity index (χ2n) is 8.66. The van der Waals surface area contributed by atoms with Crippen molar-refractivity contribution in [2.24, 2.45) is 5.92 Å². The summed E-state index contributed by atoms with van der Waals surface area (Å²) in [5.41, 5.74) is 4.56. The number of hydrogen-bond acceptors (Lipinski definition) is 4. The van der Waals surface area contributed by atoms with Crippen molar-refractivity contribution in [3.8, 4) is 0 Å². The minimum atomic E-state index is -0.0100. The van der Waals surface area contributed by atoms with E-state index in [-0.39, 0.29) is 11.9 Å². The Morgan fingerprint density at radius 1 is 1.03 bits per heavy atom. The van der Waals surface area contributed by atoms with Crippen molar-refractivity contribution in [2.45, 2.75) is 46.1 Å². The van der Waals surface area contributed by atoms with Gasteiger partial charge in [-0.25, -0.2) is 4.98 Å². The van der Waals surface area contributed by atoms with Gasteiger partial charge < -0.3 is 5.32 Å². The van der Waals surface area contributed by atoms with E-state index in [0.29, 0.717) is 24.2 Å². The summed E-state index contributed by atoms with van der Waals surface area (Å²) in [5, 5.41) is 3.36. The van der Waals surface area contributed by atoms with Crippen molar-refractivity contribution in [2.75, 3.05) is 16.8 Å². The molecule has 1 atom stereocenters. The molecular formula is C26H30N4O. The molecule has 31 heavy (non-hydrogen) atoms. The van der Waals surface area contributed by atoms with Gasteiger partial charge in [0.1, 0.15) is 5.82 Å². The fraction of sp³-hybridized carbons (Fsp3) is 0.346. The van der Waals surface area contributed by atoms with E-state index < -0.39 is 0 Å². The summed E-state index contributed by atoms with van der Waals surface area (Å²) in [6.45, 7) is 6.90. The highest BCUT2D eigenvalue weighted by molar-refractivity contribution is 6.05. The van der Waals surface area contributed by atoms with Crippen molar-refractivity contribution in [3.63, 3.8) is 0 Å². The second-order valence-corrected chi connectivity index (χ2v) is 8.66. The number of amides is 1. The van der Waals surface area contributed by atoms with E-state index in [9.17, 15) is 4.79 Å². The molecule has 2 aromatic carbocycles. The van der Waals surface area contributed by atoms with Gasteiger partial charge in [0.2, 0.25) is 5.95 Å². The minimum absolute atomic E-state index is 0.0100. The number of benzene rings is 2. The Kier molecular flexibility index (Phi) is 6.31. The van der Waals surface area contributed by atoms with Gasteiger partial charge in [-0.2, -0.15) is 4.98 Å². The van der Waals surface area contributed by atoms with Crippen LogP contribution >= 0.6 is 0 Å². The Balaban J connectivity index is 1.59. The lowest BCUT2D eigenvalue weighted by Crippen LogP contribution is -2.35. The van der Waals surface area contributed by atoms with E-state index in [1.807, 2.05) is 30.3 Å². The van der Waals surface area contributed by atoms with Crippen LogP contribution < -0.4 is 10.2 Å². The van der Waals surface area contributed by atoms with E-state index in [2.05, 4.69) is 55.3 Å². The van der Waals surface area contributed by atoms with Crippen LogP contribution in [0.1, 0.15) is 60.3 Å². The zero-order valence-electron chi connectivity index (χ0n) is 18.5. The summed E-state index contributed by atoms with van der Waals surface area (Å²) in [7, 11) is 0. The number of fused-ring (bicyclic) bond motifs is 1. The quantitative estimate of drug-likeness (QED) is 0.559. The molecule has 5 heteroatoms. The molecule has 0 unspecified atom stereocenters. The van der Waals surface area contributed by atoms with Crippen LogP contribution in [-0.2, 0) is 12.8 Å². The highest BCUT2D eigenvalue weighted by Crippen LogP contribution is 2.25. The number of anilines is 2. The predicted molar refractivity (Wildman–Crippen MR) is 125 cm³/mol. The number of aromatic nitrogens is 2. The van der Waals surface area contributed by atoms with E-state index in [1.54, 1.807) is 11.1 Å². The summed E-state index contributed by atoms with van der Waals surface area (Å²) in [6.07, 6.45) is 5.05. The SMILES string of the molecule is CC(C)CN(C(=O)c1ccc2c(c1)CCC2)c1ccnc(N[C@@H](C)c2ccccc2)n1. The molecule has 0 fully saturated rings. The van der Waals surface area contributed by atoms with Gasteiger partial charge in [-0.1, -0.05) is 50.2 Å². The highest BCUT2D eigenvalue weighted by atomic mass is 16.2. The van der Waals surface area contributed by atoms with Crippen LogP contribution in [-0.4, -0.2) is 22.4 Å². The first-order valence-electron chi connectivity index (χ1n) is 11.1. The number of carbonyl (C=O) groups is 1. The van der Waals surface area contributed by atoms with Gasteiger partial charge in [0, 0.05) is 18.3 Å². The molecule has 1 aliphatic carbocycles. The van der Waals surface area contributed by atoms with Crippen molar-refractivity contribution in [1.29, 1.82) is 0 Å². The Labute approximate surface area is 184 Å². The van der Waals surface area contributed by atoms with Gasteiger partial charge in [-0.3, -0.25) is 9.69 Å². The maximum atomic E-state index is 13.5. The minimum Gasteiger partial charge on any atom is -0.348 e. The number of nitrogens with zero attached hydrogens (tertiary/aromatic N) is 3. The second kappa shape index (κ2) is 9.29. The average molecular weight is 415 g/mol. The first-order chi connectivity index (χ1) is 15.0. The fourth-order valence-electron chi connectivity index (χ4n) is 4.09. The average Bonchev–Trinajstić information content (AvgIpc) is 3.25. The number of hydrogen-bond donors (Lipinski definition) is 1. The fourth-order valence-corrected chi connectivity index (χ4v) is 4.09. The van der Waals surface area contributed by atoms with Gasteiger partial charge in [0.15, 0.2) is 0 Å². The Hall–Kier alpha value is -3.21. The molecule has 0 saturated carbocycles. The Bertz CT molecular complexity index is 1050. The van der Waals surface area contributed by atoms with E-state index in [4.69, 9.17) is 4.98 Å². The van der Waals surface area contributed by atoms with Crippen LogP contribution in [0, 0.1) is 5.92 Å². The van der Waals surface area contributed by atoms with Crippen molar-refractivity contribution < 1.29 is 4.79 Å². The largest absolute Gasteiger partial charge is 0.348 e. The molecule has 0 aliphatic heterocycles. The molecule has 0 bridgehead atoms. The van der Waals surface area contributed by atoms with Crippen LogP contribution in [0.25, 0.3) is 0 Å². The molecule has 160 valence electrons. The zero-order valence-corrected chi connectivity index (χ0v) is 18.5. The van der Waals surface area contributed by atoms with Crippen molar-refractivity contribution in [3.05, 3.63) is 83.0 Å². The standard InChI is InChI=1S/C26H30N4O/c1-18(2)17-30(25(31)23-13-12-21-10-7-11-22(21)16-23)24-14-15-27-26(29-24)28-19(3)20-8-5-4-6-9-20/h4-6,8-9,12-16,18-19H,7,10-11,17H2,1-3H3,(H,27,28,29)/t19-/m0/s1. The first-order valence-corrected chi connectivity index (χ1v) is 11.1. The van der Waals surface area contributed by atoms with Crippen LogP contribution in [0.5, 0.6) is 0 Å². The maximum Gasteiger partial charge on any atom is 0.259 e. The third kappa shape index (κ3) is 4.93. The Morgan fingerprint density at radius 2 is 1.81 bits per heavy atom. The van der Waals surface area contributed by atoms with Gasteiger partial charge >= 0.3 is 0 Å². The molecule has 0 spiro atoms. The van der Waals surface area contributed by atoms with Gasteiger partial charge in [0.25, 0.3) is 5.91 Å². The van der Waals surface area contributed by atoms with Gasteiger partial charge in [-0.05, 0) is 67.0 Å². The van der Waals surface area contributed by atoms with Crippen LogP contribution in [0.15, 0.2) is 60.8 Å². The molecule has 1 heterocycles. The monoisotopic (exact) mass is 414 g/mol. The zero-order chi connectivity index (χ0) is 21.8. The Morgan fingerprint density at radius 3 is 2.58 bits per heavy atom. The lowest BCUT2D eigenvalue weighted by Gasteiger charge is -2.25. The molecule has 0 saturated heterocycles. The van der Waals surface area contributed by atoms with E-state index >= 15 is 0 Å². The van der Waals surface area contributed by atoms with E-state index in [1.165, 1.54) is 17.5 Å². The van der Waals surface area contributed by atoms with E-state index in [0.717, 1.165) is 24.0 Å². The number of aryl methyl sites for hydroxylation is 2. The first kappa shape index (κ1) is 21.0. The van der Waals surface area contributed by atoms with Crippen LogP contribution in [0.3, 0.4) is 0 Å². The summed E-state index contributed by atoms with van der Waals surface area (Å²) in [4.78, 5) is 24.3. The molecule has 4 rings (SSSR count). The highest BCUT2D eigenvalue weighted by Gasteiger charge is 2.22. The number of nitrogens with one attached hydrogen (secondary N) is 1. The molecule has 3 aromatic rings. The lowest BCUT2D eigenvalue weighted by atomic mass is 10.0. The van der Waals surface area contributed by atoms with Crippen molar-refractivity contribution >= 4 is 17.7 Å². The predicted octanol–water partition coefficient (Wildman–Crippen LogP) is 5.44. The van der Waals surface area contributed by atoms with Crippen LogP contribution in [0.2, 0.25) is 0 Å². The number of carbonyl (C=O) groups excluding carboxylic acids is 1. The third-order valence-corrected chi connectivity index (χ3v) is 5.70. The lowest BCUT2D eigenvalue weighted by molar-refractivity contribution is 0.0983. The summed E-state index contributed by atoms with van der Waals surface area (Å²) in [5.74, 6) is 1.44. The van der Waals surface area contributed by atoms with Crippen LogP contribution in [0.4, 0.5) is 11.8 Å².